The van der Waals surface area contributed by atoms with Gasteiger partial charge in [-0.05, 0) is 19.3 Å². The Balaban J connectivity index is 2.08. The normalized spacial score (nSPS) is 22.9. The molecule has 0 saturated heterocycles. The van der Waals surface area contributed by atoms with Crippen molar-refractivity contribution in [2.24, 2.45) is 0 Å². The van der Waals surface area contributed by atoms with Crippen molar-refractivity contribution in [3.8, 4) is 0 Å². The van der Waals surface area contributed by atoms with Crippen LogP contribution in [-0.2, 0) is 14.8 Å². The fourth-order valence-electron chi connectivity index (χ4n) is 1.63. The lowest BCUT2D eigenvalue weighted by atomic mass is 10.1. The van der Waals surface area contributed by atoms with Gasteiger partial charge in [-0.1, -0.05) is 49.3 Å². The molecule has 3 nitrogen and oxygen atoms in total. The van der Waals surface area contributed by atoms with Gasteiger partial charge in [0.15, 0.2) is 0 Å². The smallest absolute Gasteiger partial charge is 0.104 e. The molecule has 0 aromatic rings. The van der Waals surface area contributed by atoms with Crippen LogP contribution >= 0.6 is 0 Å². The molecule has 0 radical (unpaired) electrons. The molecule has 0 atom stereocenters. The predicted octanol–water partition coefficient (Wildman–Crippen LogP) is 3.56. The molecule has 0 fully saturated rings. The second kappa shape index (κ2) is 10.1. The zero-order chi connectivity index (χ0) is 10.6. The molecular weight excluding hydrogens is 192 g/mol. The molecule has 0 unspecified atom stereocenters. The van der Waals surface area contributed by atoms with Crippen LogP contribution < -0.4 is 0 Å². The Morgan fingerprint density at radius 2 is 1.40 bits per heavy atom. The van der Waals surface area contributed by atoms with Crippen LogP contribution in [-0.4, -0.2) is 13.2 Å². The molecule has 0 N–H and O–H groups in total. The van der Waals surface area contributed by atoms with Gasteiger partial charge in [0.25, 0.3) is 0 Å². The van der Waals surface area contributed by atoms with Crippen molar-refractivity contribution in [3.63, 3.8) is 0 Å². The third kappa shape index (κ3) is 8.60. The molecule has 0 aromatic heterocycles. The van der Waals surface area contributed by atoms with Crippen molar-refractivity contribution in [2.45, 2.75) is 51.4 Å². The monoisotopic (exact) mass is 214 g/mol. The van der Waals surface area contributed by atoms with E-state index in [1.807, 2.05) is 6.08 Å². The Morgan fingerprint density at radius 3 is 2.27 bits per heavy atom. The van der Waals surface area contributed by atoms with Gasteiger partial charge in [0.2, 0.25) is 0 Å². The summed E-state index contributed by atoms with van der Waals surface area (Å²) >= 11 is 0. The maximum atomic E-state index is 4.85. The average molecular weight is 214 g/mol. The Labute approximate surface area is 92.3 Å². The lowest BCUT2D eigenvalue weighted by molar-refractivity contribution is -0.509. The number of allylic oxidation sites excluding steroid dienone is 1. The Bertz CT molecular complexity index is 141. The molecule has 88 valence electrons. The van der Waals surface area contributed by atoms with E-state index in [2.05, 4.69) is 11.1 Å². The average Bonchev–Trinajstić information content (AvgIpc) is 2.27. The quantitative estimate of drug-likeness (QED) is 0.456. The Hall–Kier alpha value is -0.380. The summed E-state index contributed by atoms with van der Waals surface area (Å²) in [7, 11) is 0. The molecule has 15 heavy (non-hydrogen) atoms. The molecule has 0 saturated carbocycles. The molecule has 0 aliphatic carbocycles. The van der Waals surface area contributed by atoms with E-state index in [9.17, 15) is 0 Å². The second-order valence-corrected chi connectivity index (χ2v) is 3.91. The highest BCUT2D eigenvalue weighted by atomic mass is 17.5. The van der Waals surface area contributed by atoms with E-state index < -0.39 is 0 Å². The number of hydrogen-bond donors (Lipinski definition) is 0. The van der Waals surface area contributed by atoms with Crippen molar-refractivity contribution in [1.82, 2.24) is 0 Å². The summed E-state index contributed by atoms with van der Waals surface area (Å²) < 4.78 is 0. The maximum Gasteiger partial charge on any atom is 0.104 e. The minimum atomic E-state index is 0.472. The van der Waals surface area contributed by atoms with Crippen molar-refractivity contribution in [2.75, 3.05) is 13.2 Å². The largest absolute Gasteiger partial charge is 0.206 e. The molecule has 1 aliphatic rings. The summed E-state index contributed by atoms with van der Waals surface area (Å²) in [4.78, 5) is 9.65. The van der Waals surface area contributed by atoms with E-state index in [0.29, 0.717) is 13.2 Å². The second-order valence-electron chi connectivity index (χ2n) is 3.91. The van der Waals surface area contributed by atoms with Crippen LogP contribution in [0.5, 0.6) is 0 Å². The van der Waals surface area contributed by atoms with E-state index in [1.165, 1.54) is 38.5 Å². The highest BCUT2D eigenvalue weighted by Gasteiger charge is 1.94. The minimum absolute atomic E-state index is 0.472. The summed E-state index contributed by atoms with van der Waals surface area (Å²) in [6, 6.07) is 0. The van der Waals surface area contributed by atoms with Gasteiger partial charge in [-0.3, -0.25) is 0 Å². The first-order chi connectivity index (χ1) is 7.50. The van der Waals surface area contributed by atoms with E-state index in [-0.39, 0.29) is 0 Å². The van der Waals surface area contributed by atoms with Crippen molar-refractivity contribution < 1.29 is 14.8 Å². The summed E-state index contributed by atoms with van der Waals surface area (Å²) in [5.41, 5.74) is 0. The minimum Gasteiger partial charge on any atom is -0.206 e. The highest BCUT2D eigenvalue weighted by Crippen LogP contribution is 2.09. The van der Waals surface area contributed by atoms with Gasteiger partial charge in [0.1, 0.15) is 6.61 Å². The summed E-state index contributed by atoms with van der Waals surface area (Å²) in [6.07, 6.45) is 14.2. The molecule has 1 aliphatic heterocycles. The molecule has 0 aromatic carbocycles. The van der Waals surface area contributed by atoms with Gasteiger partial charge in [-0.15, -0.1) is 0 Å². The molecule has 0 spiro atoms. The highest BCUT2D eigenvalue weighted by molar-refractivity contribution is 4.80. The maximum absolute atomic E-state index is 4.85. The Morgan fingerprint density at radius 1 is 0.667 bits per heavy atom. The van der Waals surface area contributed by atoms with Gasteiger partial charge < -0.3 is 0 Å². The molecular formula is C12H22O3. The van der Waals surface area contributed by atoms with Crippen LogP contribution in [0.25, 0.3) is 0 Å². The zero-order valence-corrected chi connectivity index (χ0v) is 9.45. The first-order valence-electron chi connectivity index (χ1n) is 6.06. The van der Waals surface area contributed by atoms with Crippen molar-refractivity contribution in [1.29, 1.82) is 0 Å². The van der Waals surface area contributed by atoms with E-state index in [1.54, 1.807) is 0 Å². The zero-order valence-electron chi connectivity index (χ0n) is 9.45. The lowest BCUT2D eigenvalue weighted by Crippen LogP contribution is -1.98. The summed E-state index contributed by atoms with van der Waals surface area (Å²) in [5.74, 6) is 0. The van der Waals surface area contributed by atoms with E-state index in [0.717, 1.165) is 12.8 Å². The van der Waals surface area contributed by atoms with Crippen LogP contribution in [0.4, 0.5) is 0 Å². The molecule has 0 amide bonds. The first-order valence-corrected chi connectivity index (χ1v) is 6.06. The predicted molar refractivity (Wildman–Crippen MR) is 59.1 cm³/mol. The Kier molecular flexibility index (Phi) is 8.58. The summed E-state index contributed by atoms with van der Waals surface area (Å²) in [6.45, 7) is 1.10. The van der Waals surface area contributed by atoms with Crippen molar-refractivity contribution >= 4 is 0 Å². The van der Waals surface area contributed by atoms with Crippen LogP contribution in [0.2, 0.25) is 0 Å². The molecule has 3 heteroatoms. The van der Waals surface area contributed by atoms with Crippen molar-refractivity contribution in [3.05, 3.63) is 12.2 Å². The lowest BCUT2D eigenvalue weighted by Gasteiger charge is -2.01. The number of hydrogen-bond acceptors (Lipinski definition) is 3. The fourth-order valence-corrected chi connectivity index (χ4v) is 1.63. The van der Waals surface area contributed by atoms with Gasteiger partial charge >= 0.3 is 0 Å². The van der Waals surface area contributed by atoms with Gasteiger partial charge in [-0.2, -0.15) is 0 Å². The first kappa shape index (κ1) is 12.7. The SMILES string of the molecule is C1=CCOOOCCCCCCCCC1. The van der Waals surface area contributed by atoms with Gasteiger partial charge in [-0.25, -0.2) is 9.78 Å². The van der Waals surface area contributed by atoms with E-state index >= 15 is 0 Å². The third-order valence-corrected chi connectivity index (χ3v) is 2.53. The molecule has 1 heterocycles. The van der Waals surface area contributed by atoms with Crippen LogP contribution in [0.1, 0.15) is 51.4 Å². The fraction of sp³-hybridized carbons (Fsp3) is 0.833. The topological polar surface area (TPSA) is 27.7 Å². The summed E-state index contributed by atoms with van der Waals surface area (Å²) in [5, 5.41) is 4.56. The number of rotatable bonds is 0. The van der Waals surface area contributed by atoms with Gasteiger partial charge in [0.05, 0.1) is 6.61 Å². The standard InChI is InChI=1S/C12H22O3/c1-2-4-6-8-10-12-14-15-13-11-9-7-5-3-1/h7,9H,1-6,8,10-12H2. The van der Waals surface area contributed by atoms with Crippen LogP contribution in [0.15, 0.2) is 12.2 Å². The van der Waals surface area contributed by atoms with Gasteiger partial charge in [0, 0.05) is 0 Å². The molecule has 1 rings (SSSR count). The molecule has 0 bridgehead atoms. The third-order valence-electron chi connectivity index (χ3n) is 2.53. The van der Waals surface area contributed by atoms with E-state index in [4.69, 9.17) is 9.78 Å². The van der Waals surface area contributed by atoms with Crippen LogP contribution in [0, 0.1) is 0 Å². The van der Waals surface area contributed by atoms with Crippen LogP contribution in [0.3, 0.4) is 0 Å².